The van der Waals surface area contributed by atoms with Crippen LogP contribution in [0.2, 0.25) is 0 Å². The van der Waals surface area contributed by atoms with E-state index in [0.29, 0.717) is 17.4 Å². The first kappa shape index (κ1) is 17.8. The summed E-state index contributed by atoms with van der Waals surface area (Å²) in [6, 6.07) is 7.68. The number of benzene rings is 1. The van der Waals surface area contributed by atoms with Gasteiger partial charge in [0.2, 0.25) is 0 Å². The van der Waals surface area contributed by atoms with Crippen molar-refractivity contribution in [2.24, 2.45) is 17.8 Å². The predicted octanol–water partition coefficient (Wildman–Crippen LogP) is 6.40. The summed E-state index contributed by atoms with van der Waals surface area (Å²) in [7, 11) is 0. The predicted molar refractivity (Wildman–Crippen MR) is 104 cm³/mol. The molecule has 0 amide bonds. The highest BCUT2D eigenvalue weighted by Crippen LogP contribution is 2.44. The molecule has 2 aliphatic carbocycles. The molecule has 0 saturated heterocycles. The van der Waals surface area contributed by atoms with Crippen molar-refractivity contribution in [2.45, 2.75) is 52.4 Å². The number of aliphatic hydroxyl groups excluding tert-OH is 1. The van der Waals surface area contributed by atoms with Gasteiger partial charge >= 0.3 is 0 Å². The van der Waals surface area contributed by atoms with E-state index in [-0.39, 0.29) is 11.8 Å². The molecule has 134 valence electrons. The van der Waals surface area contributed by atoms with Crippen molar-refractivity contribution >= 4 is 5.57 Å². The van der Waals surface area contributed by atoms with Gasteiger partial charge in [-0.2, -0.15) is 0 Å². The van der Waals surface area contributed by atoms with E-state index in [1.807, 2.05) is 24.3 Å². The maximum absolute atomic E-state index is 9.86. The second-order valence-corrected chi connectivity index (χ2v) is 7.55. The SMILES string of the molecule is CCC/C(=C(\c1ccc(O)cc1)C1C=CC(O)=CC1C)C1CCCC1. The van der Waals surface area contributed by atoms with Crippen molar-refractivity contribution in [3.05, 3.63) is 59.4 Å². The number of hydrogen-bond donors (Lipinski definition) is 2. The van der Waals surface area contributed by atoms with E-state index in [2.05, 4.69) is 19.9 Å². The fourth-order valence-corrected chi connectivity index (χ4v) is 4.50. The second-order valence-electron chi connectivity index (χ2n) is 7.55. The lowest BCUT2D eigenvalue weighted by atomic mass is 9.75. The molecule has 1 saturated carbocycles. The number of hydrogen-bond acceptors (Lipinski definition) is 2. The number of phenolic OH excluding ortho intramolecular Hbond substituents is 1. The molecule has 0 aliphatic heterocycles. The first-order chi connectivity index (χ1) is 12.1. The van der Waals surface area contributed by atoms with Crippen LogP contribution in [0.4, 0.5) is 0 Å². The number of phenols is 1. The maximum atomic E-state index is 9.86. The normalized spacial score (nSPS) is 25.0. The van der Waals surface area contributed by atoms with E-state index in [0.717, 1.165) is 12.8 Å². The molecule has 1 aromatic rings. The minimum Gasteiger partial charge on any atom is -0.508 e. The molecule has 2 atom stereocenters. The first-order valence-electron chi connectivity index (χ1n) is 9.71. The number of rotatable bonds is 5. The van der Waals surface area contributed by atoms with Gasteiger partial charge in [0, 0.05) is 5.92 Å². The van der Waals surface area contributed by atoms with Gasteiger partial charge in [-0.3, -0.25) is 0 Å². The summed E-state index contributed by atoms with van der Waals surface area (Å²) in [4.78, 5) is 0. The van der Waals surface area contributed by atoms with Crippen molar-refractivity contribution in [2.75, 3.05) is 0 Å². The molecule has 25 heavy (non-hydrogen) atoms. The van der Waals surface area contributed by atoms with Gasteiger partial charge in [0.25, 0.3) is 0 Å². The Morgan fingerprint density at radius 3 is 2.36 bits per heavy atom. The molecule has 2 heteroatoms. The van der Waals surface area contributed by atoms with Crippen molar-refractivity contribution in [1.82, 2.24) is 0 Å². The van der Waals surface area contributed by atoms with Crippen molar-refractivity contribution in [3.8, 4) is 5.75 Å². The van der Waals surface area contributed by atoms with Crippen LogP contribution < -0.4 is 0 Å². The van der Waals surface area contributed by atoms with Gasteiger partial charge in [-0.25, -0.2) is 0 Å². The lowest BCUT2D eigenvalue weighted by Crippen LogP contribution is -2.17. The quantitative estimate of drug-likeness (QED) is 0.652. The Morgan fingerprint density at radius 2 is 1.76 bits per heavy atom. The molecule has 0 aromatic heterocycles. The molecule has 3 rings (SSSR count). The zero-order valence-electron chi connectivity index (χ0n) is 15.4. The average Bonchev–Trinajstić information content (AvgIpc) is 3.12. The molecule has 0 spiro atoms. The van der Waals surface area contributed by atoms with E-state index in [9.17, 15) is 10.2 Å². The molecule has 0 heterocycles. The van der Waals surface area contributed by atoms with Gasteiger partial charge in [-0.05, 0) is 66.5 Å². The molecule has 2 aliphatic rings. The Morgan fingerprint density at radius 1 is 1.08 bits per heavy atom. The van der Waals surface area contributed by atoms with Crippen LogP contribution in [-0.4, -0.2) is 10.2 Å². The number of allylic oxidation sites excluding steroid dienone is 5. The third kappa shape index (κ3) is 4.00. The topological polar surface area (TPSA) is 40.5 Å². The summed E-state index contributed by atoms with van der Waals surface area (Å²) in [5.41, 5.74) is 4.23. The molecule has 0 radical (unpaired) electrons. The van der Waals surface area contributed by atoms with Crippen LogP contribution in [0.25, 0.3) is 5.57 Å². The average molecular weight is 338 g/mol. The van der Waals surface area contributed by atoms with Crippen molar-refractivity contribution in [1.29, 1.82) is 0 Å². The van der Waals surface area contributed by atoms with E-state index >= 15 is 0 Å². The van der Waals surface area contributed by atoms with Crippen LogP contribution in [0.1, 0.15) is 57.9 Å². The van der Waals surface area contributed by atoms with E-state index in [1.54, 1.807) is 17.7 Å². The Balaban J connectivity index is 2.11. The standard InChI is InChI=1S/C23H30O2/c1-3-6-22(17-7-4-5-8-17)23(18-9-11-19(24)12-10-18)21-14-13-20(25)15-16(21)2/h9-17,21,24-25H,3-8H2,1-2H3/b23-22-. The van der Waals surface area contributed by atoms with Gasteiger partial charge in [-0.15, -0.1) is 0 Å². The highest BCUT2D eigenvalue weighted by molar-refractivity contribution is 5.73. The molecule has 2 unspecified atom stereocenters. The fraction of sp³-hybridized carbons (Fsp3) is 0.478. The monoisotopic (exact) mass is 338 g/mol. The molecule has 2 N–H and O–H groups in total. The molecular formula is C23H30O2. The van der Waals surface area contributed by atoms with Crippen LogP contribution >= 0.6 is 0 Å². The van der Waals surface area contributed by atoms with Gasteiger partial charge in [-0.1, -0.05) is 56.9 Å². The molecular weight excluding hydrogens is 308 g/mol. The third-order valence-electron chi connectivity index (χ3n) is 5.70. The van der Waals surface area contributed by atoms with Gasteiger partial charge in [0.1, 0.15) is 11.5 Å². The van der Waals surface area contributed by atoms with Crippen molar-refractivity contribution < 1.29 is 10.2 Å². The first-order valence-corrected chi connectivity index (χ1v) is 9.71. The molecule has 1 aromatic carbocycles. The summed E-state index contributed by atoms with van der Waals surface area (Å²) in [5, 5.41) is 19.6. The highest BCUT2D eigenvalue weighted by Gasteiger charge is 2.29. The smallest absolute Gasteiger partial charge is 0.115 e. The second kappa shape index (κ2) is 7.95. The van der Waals surface area contributed by atoms with Crippen molar-refractivity contribution in [3.63, 3.8) is 0 Å². The van der Waals surface area contributed by atoms with Crippen LogP contribution in [0, 0.1) is 17.8 Å². The van der Waals surface area contributed by atoms with E-state index in [1.165, 1.54) is 36.8 Å². The summed E-state index contributed by atoms with van der Waals surface area (Å²) in [5.74, 6) is 1.91. The minimum absolute atomic E-state index is 0.266. The van der Waals surface area contributed by atoms with Crippen LogP contribution in [0.3, 0.4) is 0 Å². The van der Waals surface area contributed by atoms with E-state index < -0.39 is 0 Å². The Labute approximate surface area is 151 Å². The van der Waals surface area contributed by atoms with E-state index in [4.69, 9.17) is 0 Å². The van der Waals surface area contributed by atoms with Gasteiger partial charge < -0.3 is 10.2 Å². The lowest BCUT2D eigenvalue weighted by molar-refractivity contribution is 0.413. The van der Waals surface area contributed by atoms with Gasteiger partial charge in [0.15, 0.2) is 0 Å². The third-order valence-corrected chi connectivity index (χ3v) is 5.70. The zero-order valence-corrected chi connectivity index (χ0v) is 15.4. The Hall–Kier alpha value is -1.96. The molecule has 2 nitrogen and oxygen atoms in total. The Bertz CT molecular complexity index is 673. The highest BCUT2D eigenvalue weighted by atomic mass is 16.3. The number of aromatic hydroxyl groups is 1. The fourth-order valence-electron chi connectivity index (χ4n) is 4.50. The lowest BCUT2D eigenvalue weighted by Gasteiger charge is -2.30. The Kier molecular flexibility index (Phi) is 5.67. The molecule has 0 bridgehead atoms. The zero-order chi connectivity index (χ0) is 17.8. The summed E-state index contributed by atoms with van der Waals surface area (Å²) in [6.07, 6.45) is 13.5. The number of aliphatic hydroxyl groups is 1. The maximum Gasteiger partial charge on any atom is 0.115 e. The molecule has 1 fully saturated rings. The van der Waals surface area contributed by atoms with Crippen LogP contribution in [-0.2, 0) is 0 Å². The van der Waals surface area contributed by atoms with Crippen LogP contribution in [0.15, 0.2) is 53.8 Å². The van der Waals surface area contributed by atoms with Gasteiger partial charge in [0.05, 0.1) is 0 Å². The minimum atomic E-state index is 0.266. The van der Waals surface area contributed by atoms with Crippen LogP contribution in [0.5, 0.6) is 5.75 Å². The largest absolute Gasteiger partial charge is 0.508 e. The summed E-state index contributed by atoms with van der Waals surface area (Å²) >= 11 is 0. The summed E-state index contributed by atoms with van der Waals surface area (Å²) < 4.78 is 0. The summed E-state index contributed by atoms with van der Waals surface area (Å²) in [6.45, 7) is 4.44.